The predicted molar refractivity (Wildman–Crippen MR) is 75.9 cm³/mol. The number of ketones is 1. The Bertz CT molecular complexity index is 599. The van der Waals surface area contributed by atoms with E-state index in [9.17, 15) is 13.2 Å². The first kappa shape index (κ1) is 14.9. The molecular formula is C15H18O4S. The van der Waals surface area contributed by atoms with E-state index in [0.29, 0.717) is 12.8 Å². The molecule has 1 aliphatic rings. The van der Waals surface area contributed by atoms with E-state index in [0.717, 1.165) is 18.4 Å². The highest BCUT2D eigenvalue weighted by molar-refractivity contribution is 7.86. The summed E-state index contributed by atoms with van der Waals surface area (Å²) in [6.07, 6.45) is 5.09. The third-order valence-electron chi connectivity index (χ3n) is 3.22. The molecule has 4 nitrogen and oxygen atoms in total. The van der Waals surface area contributed by atoms with Gasteiger partial charge < -0.3 is 0 Å². The highest BCUT2D eigenvalue weighted by atomic mass is 32.2. The minimum atomic E-state index is -3.78. The van der Waals surface area contributed by atoms with Crippen LogP contribution >= 0.6 is 0 Å². The molecule has 0 radical (unpaired) electrons. The number of carbonyl (C=O) groups excluding carboxylic acids is 1. The minimum absolute atomic E-state index is 0.0195. The number of rotatable bonds is 3. The molecule has 0 amide bonds. The molecule has 1 aromatic carbocycles. The number of carbonyl (C=O) groups is 1. The van der Waals surface area contributed by atoms with Crippen LogP contribution < -0.4 is 0 Å². The Morgan fingerprint density at radius 1 is 1.15 bits per heavy atom. The van der Waals surface area contributed by atoms with Crippen molar-refractivity contribution in [1.82, 2.24) is 0 Å². The summed E-state index contributed by atoms with van der Waals surface area (Å²) in [6.45, 7) is 1.89. The standard InChI is InChI=1S/C15H18O4S/c1-12-6-10-15(11-7-12)20(17,18)19-14-5-3-2-4-13(16)8-9-14/h6-11,14H,2-5H2,1H3/b9-8-. The summed E-state index contributed by atoms with van der Waals surface area (Å²) < 4.78 is 29.5. The molecule has 1 atom stereocenters. The largest absolute Gasteiger partial charge is 0.297 e. The van der Waals surface area contributed by atoms with Crippen molar-refractivity contribution in [3.63, 3.8) is 0 Å². The molecule has 1 aliphatic carbocycles. The molecule has 1 aromatic rings. The van der Waals surface area contributed by atoms with E-state index in [-0.39, 0.29) is 10.7 Å². The van der Waals surface area contributed by atoms with Crippen LogP contribution in [0, 0.1) is 6.92 Å². The van der Waals surface area contributed by atoms with E-state index in [2.05, 4.69) is 0 Å². The summed E-state index contributed by atoms with van der Waals surface area (Å²) in [5, 5.41) is 0. The van der Waals surface area contributed by atoms with Crippen LogP contribution in [0.25, 0.3) is 0 Å². The first-order valence-corrected chi connectivity index (χ1v) is 8.09. The summed E-state index contributed by atoms with van der Waals surface area (Å²) in [7, 11) is -3.78. The molecule has 0 N–H and O–H groups in total. The van der Waals surface area contributed by atoms with Gasteiger partial charge in [0.1, 0.15) is 0 Å². The summed E-state index contributed by atoms with van der Waals surface area (Å²) in [6, 6.07) is 6.52. The Morgan fingerprint density at radius 3 is 2.55 bits per heavy atom. The third kappa shape index (κ3) is 4.02. The molecule has 0 aromatic heterocycles. The van der Waals surface area contributed by atoms with Crippen LogP contribution in [0.4, 0.5) is 0 Å². The molecule has 0 spiro atoms. The zero-order chi connectivity index (χ0) is 14.6. The fraction of sp³-hybridized carbons (Fsp3) is 0.400. The molecule has 108 valence electrons. The van der Waals surface area contributed by atoms with Crippen molar-refractivity contribution in [2.75, 3.05) is 0 Å². The minimum Gasteiger partial charge on any atom is -0.295 e. The second kappa shape index (κ2) is 6.33. The summed E-state index contributed by atoms with van der Waals surface area (Å²) >= 11 is 0. The lowest BCUT2D eigenvalue weighted by molar-refractivity contribution is -0.114. The van der Waals surface area contributed by atoms with Crippen molar-refractivity contribution in [3.05, 3.63) is 42.0 Å². The lowest BCUT2D eigenvalue weighted by Gasteiger charge is -2.15. The summed E-state index contributed by atoms with van der Waals surface area (Å²) in [5.74, 6) is 0.0195. The number of benzene rings is 1. The summed E-state index contributed by atoms with van der Waals surface area (Å²) in [4.78, 5) is 11.5. The first-order chi connectivity index (χ1) is 9.47. The maximum absolute atomic E-state index is 12.2. The molecule has 0 saturated carbocycles. The van der Waals surface area contributed by atoms with Crippen molar-refractivity contribution < 1.29 is 17.4 Å². The molecule has 0 aliphatic heterocycles. The maximum Gasteiger partial charge on any atom is 0.297 e. The highest BCUT2D eigenvalue weighted by Crippen LogP contribution is 2.20. The maximum atomic E-state index is 12.2. The number of aryl methyl sites for hydroxylation is 1. The molecular weight excluding hydrogens is 276 g/mol. The fourth-order valence-electron chi connectivity index (χ4n) is 2.04. The van der Waals surface area contributed by atoms with Gasteiger partial charge in [-0.25, -0.2) is 0 Å². The van der Waals surface area contributed by atoms with Crippen LogP contribution in [-0.4, -0.2) is 20.3 Å². The first-order valence-electron chi connectivity index (χ1n) is 6.68. The van der Waals surface area contributed by atoms with Gasteiger partial charge in [-0.15, -0.1) is 0 Å². The number of hydrogen-bond donors (Lipinski definition) is 0. The molecule has 2 rings (SSSR count). The average molecular weight is 294 g/mol. The van der Waals surface area contributed by atoms with Crippen LogP contribution in [0.3, 0.4) is 0 Å². The van der Waals surface area contributed by atoms with Crippen molar-refractivity contribution in [1.29, 1.82) is 0 Å². The van der Waals surface area contributed by atoms with Gasteiger partial charge in [-0.3, -0.25) is 8.98 Å². The van der Waals surface area contributed by atoms with Crippen molar-refractivity contribution in [3.8, 4) is 0 Å². The van der Waals surface area contributed by atoms with E-state index in [1.165, 1.54) is 18.2 Å². The van der Waals surface area contributed by atoms with E-state index < -0.39 is 16.2 Å². The number of hydrogen-bond acceptors (Lipinski definition) is 4. The van der Waals surface area contributed by atoms with Crippen LogP contribution in [0.2, 0.25) is 0 Å². The molecule has 20 heavy (non-hydrogen) atoms. The van der Waals surface area contributed by atoms with Gasteiger partial charge in [-0.1, -0.05) is 30.2 Å². The second-order valence-electron chi connectivity index (χ2n) is 4.97. The summed E-state index contributed by atoms with van der Waals surface area (Å²) in [5.41, 5.74) is 0.986. The quantitative estimate of drug-likeness (QED) is 0.804. The van der Waals surface area contributed by atoms with Crippen LogP contribution in [-0.2, 0) is 19.1 Å². The van der Waals surface area contributed by atoms with Gasteiger partial charge in [-0.2, -0.15) is 8.42 Å². The van der Waals surface area contributed by atoms with Crippen LogP contribution in [0.5, 0.6) is 0 Å². The molecule has 5 heteroatoms. The molecule has 0 fully saturated rings. The van der Waals surface area contributed by atoms with Gasteiger partial charge in [0.15, 0.2) is 5.78 Å². The van der Waals surface area contributed by atoms with E-state index in [1.54, 1.807) is 18.2 Å². The highest BCUT2D eigenvalue weighted by Gasteiger charge is 2.21. The Balaban J connectivity index is 2.14. The lowest BCUT2D eigenvalue weighted by Crippen LogP contribution is -2.18. The second-order valence-corrected chi connectivity index (χ2v) is 6.55. The van der Waals surface area contributed by atoms with Crippen LogP contribution in [0.15, 0.2) is 41.3 Å². The normalized spacial score (nSPS) is 22.1. The fourth-order valence-corrected chi connectivity index (χ4v) is 3.11. The Kier molecular flexibility index (Phi) is 4.73. The zero-order valence-electron chi connectivity index (χ0n) is 11.4. The van der Waals surface area contributed by atoms with Gasteiger partial charge in [0.05, 0.1) is 11.0 Å². The van der Waals surface area contributed by atoms with Gasteiger partial charge in [0, 0.05) is 6.42 Å². The Labute approximate surface area is 119 Å². The number of allylic oxidation sites excluding steroid dienone is 1. The van der Waals surface area contributed by atoms with Crippen molar-refractivity contribution >= 4 is 15.9 Å². The Morgan fingerprint density at radius 2 is 1.85 bits per heavy atom. The van der Waals surface area contributed by atoms with Gasteiger partial charge in [-0.05, 0) is 38.0 Å². The van der Waals surface area contributed by atoms with Crippen molar-refractivity contribution in [2.24, 2.45) is 0 Å². The SMILES string of the molecule is Cc1ccc(S(=O)(=O)OC2/C=C\C(=O)CCCC2)cc1. The van der Waals surface area contributed by atoms with Crippen molar-refractivity contribution in [2.45, 2.75) is 43.6 Å². The molecule has 0 bridgehead atoms. The third-order valence-corrected chi connectivity index (χ3v) is 4.57. The lowest BCUT2D eigenvalue weighted by atomic mass is 10.0. The predicted octanol–water partition coefficient (Wildman–Crippen LogP) is 2.77. The van der Waals surface area contributed by atoms with Crippen LogP contribution in [0.1, 0.15) is 31.2 Å². The molecule has 1 unspecified atom stereocenters. The van der Waals surface area contributed by atoms with E-state index in [1.807, 2.05) is 6.92 Å². The smallest absolute Gasteiger partial charge is 0.295 e. The van der Waals surface area contributed by atoms with E-state index in [4.69, 9.17) is 4.18 Å². The van der Waals surface area contributed by atoms with Gasteiger partial charge in [0.25, 0.3) is 10.1 Å². The monoisotopic (exact) mass is 294 g/mol. The molecule has 0 saturated heterocycles. The molecule has 0 heterocycles. The zero-order valence-corrected chi connectivity index (χ0v) is 12.2. The van der Waals surface area contributed by atoms with Gasteiger partial charge in [0.2, 0.25) is 0 Å². The topological polar surface area (TPSA) is 60.4 Å². The average Bonchev–Trinajstić information content (AvgIpc) is 2.38. The van der Waals surface area contributed by atoms with Gasteiger partial charge >= 0.3 is 0 Å². The van der Waals surface area contributed by atoms with E-state index >= 15 is 0 Å². The Hall–Kier alpha value is -1.46.